The molecular formula is C14H21NO3. The number of piperidine rings is 1. The highest BCUT2D eigenvalue weighted by Crippen LogP contribution is 2.31. The Hall–Kier alpha value is -1.26. The Kier molecular flexibility index (Phi) is 4.44. The maximum Gasteiger partial charge on any atom is 0.162 e. The van der Waals surface area contributed by atoms with Crippen molar-refractivity contribution in [3.05, 3.63) is 23.8 Å². The minimum atomic E-state index is -0.162. The van der Waals surface area contributed by atoms with E-state index in [1.165, 1.54) is 0 Å². The second kappa shape index (κ2) is 6.07. The fraction of sp³-hybridized carbons (Fsp3) is 0.571. The average molecular weight is 251 g/mol. The van der Waals surface area contributed by atoms with Crippen LogP contribution < -0.4 is 4.74 Å². The topological polar surface area (TPSA) is 52.9 Å². The number of aliphatic hydroxyl groups is 1. The highest BCUT2D eigenvalue weighted by Gasteiger charge is 2.18. The summed E-state index contributed by atoms with van der Waals surface area (Å²) in [6, 6.07) is 5.60. The number of aliphatic hydroxyl groups excluding tert-OH is 1. The molecule has 0 unspecified atom stereocenters. The number of likely N-dealkylation sites (tertiary alicyclic amines) is 1. The first-order valence-corrected chi connectivity index (χ1v) is 6.54. The third-order valence-corrected chi connectivity index (χ3v) is 3.33. The van der Waals surface area contributed by atoms with Gasteiger partial charge in [-0.15, -0.1) is 0 Å². The Bertz CT molecular complexity index is 387. The van der Waals surface area contributed by atoms with E-state index in [2.05, 4.69) is 4.90 Å². The maximum absolute atomic E-state index is 10.1. The van der Waals surface area contributed by atoms with Crippen molar-refractivity contribution in [2.24, 2.45) is 0 Å². The van der Waals surface area contributed by atoms with Crippen LogP contribution in [0.1, 0.15) is 25.3 Å². The van der Waals surface area contributed by atoms with Crippen LogP contribution >= 0.6 is 0 Å². The van der Waals surface area contributed by atoms with Gasteiger partial charge in [0.15, 0.2) is 11.5 Å². The maximum atomic E-state index is 10.1. The number of ether oxygens (including phenoxy) is 1. The van der Waals surface area contributed by atoms with Gasteiger partial charge in [-0.05, 0) is 25.8 Å². The van der Waals surface area contributed by atoms with Crippen molar-refractivity contribution in [1.29, 1.82) is 0 Å². The Morgan fingerprint density at radius 2 is 2.06 bits per heavy atom. The van der Waals surface area contributed by atoms with Gasteiger partial charge in [0.1, 0.15) is 0 Å². The molecule has 0 atom stereocenters. The summed E-state index contributed by atoms with van der Waals surface area (Å²) in [6.45, 7) is 4.91. The van der Waals surface area contributed by atoms with E-state index in [4.69, 9.17) is 4.74 Å². The SMILES string of the molecule is CCOc1cccc(CN2CCC(O)CC2)c1O. The van der Waals surface area contributed by atoms with Crippen LogP contribution in [0.2, 0.25) is 0 Å². The van der Waals surface area contributed by atoms with Crippen LogP contribution in [0.3, 0.4) is 0 Å². The van der Waals surface area contributed by atoms with Gasteiger partial charge in [0.2, 0.25) is 0 Å². The largest absolute Gasteiger partial charge is 0.504 e. The molecule has 1 aromatic rings. The number of para-hydroxylation sites is 1. The van der Waals surface area contributed by atoms with Crippen LogP contribution in [0.4, 0.5) is 0 Å². The second-order valence-electron chi connectivity index (χ2n) is 4.70. The molecule has 2 N–H and O–H groups in total. The van der Waals surface area contributed by atoms with Crippen LogP contribution in [0, 0.1) is 0 Å². The molecule has 1 aliphatic rings. The van der Waals surface area contributed by atoms with Crippen molar-refractivity contribution >= 4 is 0 Å². The molecular weight excluding hydrogens is 230 g/mol. The molecule has 0 aromatic heterocycles. The van der Waals surface area contributed by atoms with Crippen molar-refractivity contribution in [1.82, 2.24) is 4.90 Å². The third kappa shape index (κ3) is 3.15. The molecule has 0 saturated carbocycles. The third-order valence-electron chi connectivity index (χ3n) is 3.33. The number of rotatable bonds is 4. The summed E-state index contributed by atoms with van der Waals surface area (Å²) in [4.78, 5) is 2.25. The minimum absolute atomic E-state index is 0.162. The second-order valence-corrected chi connectivity index (χ2v) is 4.70. The molecule has 4 heteroatoms. The van der Waals surface area contributed by atoms with Crippen molar-refractivity contribution < 1.29 is 14.9 Å². The standard InChI is InChI=1S/C14H21NO3/c1-2-18-13-5-3-4-11(14(13)17)10-15-8-6-12(16)7-9-15/h3-5,12,16-17H,2,6-10H2,1H3. The van der Waals surface area contributed by atoms with E-state index in [-0.39, 0.29) is 11.9 Å². The number of phenols is 1. The van der Waals surface area contributed by atoms with Crippen molar-refractivity contribution in [2.75, 3.05) is 19.7 Å². The molecule has 0 aliphatic carbocycles. The first-order valence-electron chi connectivity index (χ1n) is 6.54. The zero-order valence-electron chi connectivity index (χ0n) is 10.8. The fourth-order valence-electron chi connectivity index (χ4n) is 2.29. The van der Waals surface area contributed by atoms with Crippen LogP contribution in [0.15, 0.2) is 18.2 Å². The molecule has 4 nitrogen and oxygen atoms in total. The van der Waals surface area contributed by atoms with E-state index in [0.29, 0.717) is 18.9 Å². The number of phenolic OH excluding ortho intramolecular Hbond substituents is 1. The fourth-order valence-corrected chi connectivity index (χ4v) is 2.29. The van der Waals surface area contributed by atoms with Crippen LogP contribution in [0.5, 0.6) is 11.5 Å². The highest BCUT2D eigenvalue weighted by atomic mass is 16.5. The van der Waals surface area contributed by atoms with Crippen molar-refractivity contribution in [3.63, 3.8) is 0 Å². The first-order chi connectivity index (χ1) is 8.70. The predicted octanol–water partition coefficient (Wildman–Crippen LogP) is 1.75. The molecule has 100 valence electrons. The van der Waals surface area contributed by atoms with Crippen LogP contribution in [-0.4, -0.2) is 40.9 Å². The van der Waals surface area contributed by atoms with Gasteiger partial charge in [-0.25, -0.2) is 0 Å². The van der Waals surface area contributed by atoms with Gasteiger partial charge in [-0.1, -0.05) is 12.1 Å². The van der Waals surface area contributed by atoms with Gasteiger partial charge in [0.25, 0.3) is 0 Å². The molecule has 18 heavy (non-hydrogen) atoms. The van der Waals surface area contributed by atoms with Gasteiger partial charge < -0.3 is 14.9 Å². The van der Waals surface area contributed by atoms with E-state index in [1.807, 2.05) is 19.1 Å². The number of benzene rings is 1. The quantitative estimate of drug-likeness (QED) is 0.856. The van der Waals surface area contributed by atoms with E-state index < -0.39 is 0 Å². The van der Waals surface area contributed by atoms with Gasteiger partial charge in [0, 0.05) is 25.2 Å². The summed E-state index contributed by atoms with van der Waals surface area (Å²) in [7, 11) is 0. The molecule has 1 aromatic carbocycles. The smallest absolute Gasteiger partial charge is 0.162 e. The molecule has 1 heterocycles. The zero-order valence-corrected chi connectivity index (χ0v) is 10.8. The molecule has 0 radical (unpaired) electrons. The Balaban J connectivity index is 2.02. The van der Waals surface area contributed by atoms with Gasteiger partial charge in [-0.2, -0.15) is 0 Å². The van der Waals surface area contributed by atoms with E-state index >= 15 is 0 Å². The number of aromatic hydroxyl groups is 1. The van der Waals surface area contributed by atoms with Crippen molar-refractivity contribution in [2.45, 2.75) is 32.4 Å². The Morgan fingerprint density at radius 1 is 1.33 bits per heavy atom. The van der Waals surface area contributed by atoms with E-state index in [9.17, 15) is 10.2 Å². The van der Waals surface area contributed by atoms with Crippen LogP contribution in [0.25, 0.3) is 0 Å². The predicted molar refractivity (Wildman–Crippen MR) is 69.8 cm³/mol. The molecule has 1 saturated heterocycles. The normalized spacial score (nSPS) is 17.9. The Morgan fingerprint density at radius 3 is 2.72 bits per heavy atom. The Labute approximate surface area is 108 Å². The molecule has 1 aliphatic heterocycles. The number of hydrogen-bond acceptors (Lipinski definition) is 4. The lowest BCUT2D eigenvalue weighted by molar-refractivity contribution is 0.0788. The molecule has 0 amide bonds. The van der Waals surface area contributed by atoms with Gasteiger partial charge in [-0.3, -0.25) is 4.90 Å². The lowest BCUT2D eigenvalue weighted by Crippen LogP contribution is -2.35. The van der Waals surface area contributed by atoms with E-state index in [1.54, 1.807) is 6.07 Å². The summed E-state index contributed by atoms with van der Waals surface area (Å²) >= 11 is 0. The highest BCUT2D eigenvalue weighted by molar-refractivity contribution is 5.45. The van der Waals surface area contributed by atoms with Gasteiger partial charge in [0.05, 0.1) is 12.7 Å². The van der Waals surface area contributed by atoms with Gasteiger partial charge >= 0.3 is 0 Å². The number of hydrogen-bond donors (Lipinski definition) is 2. The summed E-state index contributed by atoms with van der Waals surface area (Å²) in [5.74, 6) is 0.789. The lowest BCUT2D eigenvalue weighted by Gasteiger charge is -2.29. The minimum Gasteiger partial charge on any atom is -0.504 e. The first kappa shape index (κ1) is 13.2. The summed E-state index contributed by atoms with van der Waals surface area (Å²) in [5.41, 5.74) is 0.886. The zero-order chi connectivity index (χ0) is 13.0. The molecule has 0 bridgehead atoms. The lowest BCUT2D eigenvalue weighted by atomic mass is 10.1. The number of nitrogens with zero attached hydrogens (tertiary/aromatic N) is 1. The average Bonchev–Trinajstić information content (AvgIpc) is 2.37. The molecule has 1 fully saturated rings. The van der Waals surface area contributed by atoms with Crippen LogP contribution in [-0.2, 0) is 6.54 Å². The van der Waals surface area contributed by atoms with Crippen molar-refractivity contribution in [3.8, 4) is 11.5 Å². The molecule has 0 spiro atoms. The summed E-state index contributed by atoms with van der Waals surface area (Å²) < 4.78 is 5.38. The van der Waals surface area contributed by atoms with E-state index in [0.717, 1.165) is 31.5 Å². The summed E-state index contributed by atoms with van der Waals surface area (Å²) in [5, 5.41) is 19.6. The molecule has 2 rings (SSSR count). The monoisotopic (exact) mass is 251 g/mol. The summed E-state index contributed by atoms with van der Waals surface area (Å²) in [6.07, 6.45) is 1.46.